The van der Waals surface area contributed by atoms with E-state index in [1.165, 1.54) is 5.56 Å². The van der Waals surface area contributed by atoms with Crippen LogP contribution in [0.4, 0.5) is 0 Å². The number of nitrogens with zero attached hydrogens (tertiary/aromatic N) is 1. The fraction of sp³-hybridized carbons (Fsp3) is 0.250. The number of hydrogen-bond acceptors (Lipinski definition) is 1. The molecule has 0 amide bonds. The third-order valence-corrected chi connectivity index (χ3v) is 1.49. The molecule has 0 aliphatic carbocycles. The van der Waals surface area contributed by atoms with Crippen LogP contribution in [0.3, 0.4) is 0 Å². The summed E-state index contributed by atoms with van der Waals surface area (Å²) in [5, 5.41) is 0. The van der Waals surface area contributed by atoms with E-state index in [2.05, 4.69) is 18.5 Å². The van der Waals surface area contributed by atoms with Crippen LogP contribution in [0.1, 0.15) is 25.0 Å². The van der Waals surface area contributed by atoms with Crippen LogP contribution in [0.15, 0.2) is 37.2 Å². The molecule has 0 fully saturated rings. The Bertz CT molecular complexity index is 274. The van der Waals surface area contributed by atoms with Gasteiger partial charge in [-0.3, -0.25) is 4.98 Å². The average molecular weight is 175 g/mol. The van der Waals surface area contributed by atoms with Gasteiger partial charge in [0.25, 0.3) is 0 Å². The molecule has 1 heterocycles. The molecule has 0 bridgehead atoms. The van der Waals surface area contributed by atoms with Crippen molar-refractivity contribution in [2.75, 3.05) is 0 Å². The largest absolute Gasteiger partial charge is 0.264 e. The Morgan fingerprint density at radius 1 is 1.38 bits per heavy atom. The summed E-state index contributed by atoms with van der Waals surface area (Å²) in [6.45, 7) is 9.66. The topological polar surface area (TPSA) is 12.9 Å². The van der Waals surface area contributed by atoms with Gasteiger partial charge in [0.1, 0.15) is 0 Å². The summed E-state index contributed by atoms with van der Waals surface area (Å²) in [5.41, 5.74) is 2.38. The third-order valence-electron chi connectivity index (χ3n) is 1.49. The molecule has 1 rings (SSSR count). The van der Waals surface area contributed by atoms with Gasteiger partial charge in [-0.25, -0.2) is 0 Å². The Kier molecular flexibility index (Phi) is 6.52. The van der Waals surface area contributed by atoms with E-state index in [1.807, 2.05) is 38.3 Å². The fourth-order valence-corrected chi connectivity index (χ4v) is 0.822. The third kappa shape index (κ3) is 4.26. The quantitative estimate of drug-likeness (QED) is 0.626. The Morgan fingerprint density at radius 2 is 2.08 bits per heavy atom. The molecule has 0 atom stereocenters. The molecule has 1 aromatic rings. The lowest BCUT2D eigenvalue weighted by Crippen LogP contribution is -1.80. The minimum absolute atomic E-state index is 1.15. The van der Waals surface area contributed by atoms with Gasteiger partial charge >= 0.3 is 0 Å². The van der Waals surface area contributed by atoms with Gasteiger partial charge in [-0.05, 0) is 24.1 Å². The van der Waals surface area contributed by atoms with Crippen molar-refractivity contribution in [3.63, 3.8) is 0 Å². The van der Waals surface area contributed by atoms with Gasteiger partial charge in [0.2, 0.25) is 0 Å². The van der Waals surface area contributed by atoms with Crippen LogP contribution in [-0.2, 0) is 0 Å². The maximum atomic E-state index is 4.01. The van der Waals surface area contributed by atoms with Crippen LogP contribution < -0.4 is 0 Å². The van der Waals surface area contributed by atoms with E-state index in [4.69, 9.17) is 0 Å². The first-order valence-electron chi connectivity index (χ1n) is 4.54. The van der Waals surface area contributed by atoms with Crippen molar-refractivity contribution in [2.45, 2.75) is 20.8 Å². The molecule has 0 aliphatic rings. The number of rotatable bonds is 2. The monoisotopic (exact) mass is 175 g/mol. The minimum atomic E-state index is 1.15. The highest BCUT2D eigenvalue weighted by atomic mass is 14.6. The maximum absolute atomic E-state index is 4.01. The van der Waals surface area contributed by atoms with Crippen LogP contribution in [0.5, 0.6) is 0 Å². The van der Waals surface area contributed by atoms with E-state index < -0.39 is 0 Å². The molecule has 0 saturated carbocycles. The van der Waals surface area contributed by atoms with Crippen molar-refractivity contribution in [3.05, 3.63) is 48.3 Å². The van der Waals surface area contributed by atoms with E-state index in [1.54, 1.807) is 12.3 Å². The fourth-order valence-electron chi connectivity index (χ4n) is 0.822. The SMILES string of the molecule is C=C/C=C\c1cnccc1C.CC. The summed E-state index contributed by atoms with van der Waals surface area (Å²) in [6, 6.07) is 1.99. The molecule has 1 heteroatoms. The first kappa shape index (κ1) is 11.6. The van der Waals surface area contributed by atoms with Crippen LogP contribution >= 0.6 is 0 Å². The van der Waals surface area contributed by atoms with E-state index >= 15 is 0 Å². The molecule has 1 aromatic heterocycles. The molecule has 0 aromatic carbocycles. The van der Waals surface area contributed by atoms with E-state index in [9.17, 15) is 0 Å². The van der Waals surface area contributed by atoms with Gasteiger partial charge in [0.05, 0.1) is 0 Å². The molecule has 0 aliphatic heterocycles. The van der Waals surface area contributed by atoms with Gasteiger partial charge in [-0.2, -0.15) is 0 Å². The van der Waals surface area contributed by atoms with Crippen molar-refractivity contribution in [3.8, 4) is 0 Å². The van der Waals surface area contributed by atoms with E-state index in [0.717, 1.165) is 5.56 Å². The van der Waals surface area contributed by atoms with Crippen LogP contribution in [-0.4, -0.2) is 4.98 Å². The molecule has 0 unspecified atom stereocenters. The highest BCUT2D eigenvalue weighted by Gasteiger charge is 1.89. The van der Waals surface area contributed by atoms with Gasteiger partial charge < -0.3 is 0 Å². The summed E-state index contributed by atoms with van der Waals surface area (Å²) in [4.78, 5) is 4.01. The zero-order valence-corrected chi connectivity index (χ0v) is 8.62. The van der Waals surface area contributed by atoms with Crippen LogP contribution in [0.25, 0.3) is 6.08 Å². The number of pyridine rings is 1. The minimum Gasteiger partial charge on any atom is -0.264 e. The number of allylic oxidation sites excluding steroid dienone is 2. The lowest BCUT2D eigenvalue weighted by Gasteiger charge is -1.95. The maximum Gasteiger partial charge on any atom is 0.0342 e. The van der Waals surface area contributed by atoms with E-state index in [-0.39, 0.29) is 0 Å². The zero-order valence-electron chi connectivity index (χ0n) is 8.62. The molecule has 0 N–H and O–H groups in total. The lowest BCUT2D eigenvalue weighted by atomic mass is 10.1. The van der Waals surface area contributed by atoms with Crippen molar-refractivity contribution in [1.29, 1.82) is 0 Å². The second-order valence-electron chi connectivity index (χ2n) is 2.33. The Morgan fingerprint density at radius 3 is 2.62 bits per heavy atom. The molecule has 0 saturated heterocycles. The van der Waals surface area contributed by atoms with Gasteiger partial charge in [-0.15, -0.1) is 0 Å². The van der Waals surface area contributed by atoms with Gasteiger partial charge in [0.15, 0.2) is 0 Å². The predicted molar refractivity (Wildman–Crippen MR) is 59.6 cm³/mol. The van der Waals surface area contributed by atoms with Crippen LogP contribution in [0.2, 0.25) is 0 Å². The van der Waals surface area contributed by atoms with Crippen molar-refractivity contribution >= 4 is 6.08 Å². The number of hydrogen-bond donors (Lipinski definition) is 0. The summed E-state index contributed by atoms with van der Waals surface area (Å²) in [5.74, 6) is 0. The first-order valence-corrected chi connectivity index (χ1v) is 4.54. The summed E-state index contributed by atoms with van der Waals surface area (Å²) >= 11 is 0. The van der Waals surface area contributed by atoms with Crippen molar-refractivity contribution in [2.24, 2.45) is 0 Å². The molecule has 1 nitrogen and oxygen atoms in total. The Hall–Kier alpha value is -1.37. The van der Waals surface area contributed by atoms with Gasteiger partial charge in [0, 0.05) is 12.4 Å². The van der Waals surface area contributed by atoms with Crippen LogP contribution in [0, 0.1) is 6.92 Å². The summed E-state index contributed by atoms with van der Waals surface area (Å²) in [7, 11) is 0. The molecule has 0 spiro atoms. The first-order chi connectivity index (χ1) is 6.34. The van der Waals surface area contributed by atoms with Gasteiger partial charge in [-0.1, -0.05) is 38.7 Å². The number of aryl methyl sites for hydroxylation is 1. The molecule has 70 valence electrons. The molecule has 13 heavy (non-hydrogen) atoms. The normalized spacial score (nSPS) is 9.15. The standard InChI is InChI=1S/C10H11N.C2H6/c1-3-4-5-10-8-11-7-6-9(10)2;1-2/h3-8H,1H2,2H3;1-2H3/b5-4-;. The molecule has 0 radical (unpaired) electrons. The molecular weight excluding hydrogens is 158 g/mol. The Labute approximate surface area is 80.8 Å². The second kappa shape index (κ2) is 7.29. The Balaban J connectivity index is 0.000000671. The van der Waals surface area contributed by atoms with Crippen molar-refractivity contribution in [1.82, 2.24) is 4.98 Å². The van der Waals surface area contributed by atoms with Crippen molar-refractivity contribution < 1.29 is 0 Å². The average Bonchev–Trinajstić information content (AvgIpc) is 2.20. The number of aromatic nitrogens is 1. The summed E-state index contributed by atoms with van der Waals surface area (Å²) in [6.07, 6.45) is 9.29. The highest BCUT2D eigenvalue weighted by Crippen LogP contribution is 2.06. The summed E-state index contributed by atoms with van der Waals surface area (Å²) < 4.78 is 0. The molecular formula is C12H17N. The van der Waals surface area contributed by atoms with E-state index in [0.29, 0.717) is 0 Å². The predicted octanol–water partition coefficient (Wildman–Crippen LogP) is 3.62. The smallest absolute Gasteiger partial charge is 0.0342 e. The highest BCUT2D eigenvalue weighted by molar-refractivity contribution is 5.53. The second-order valence-corrected chi connectivity index (χ2v) is 2.33. The zero-order chi connectivity index (χ0) is 10.1. The lowest BCUT2D eigenvalue weighted by molar-refractivity contribution is 1.27.